The summed E-state index contributed by atoms with van der Waals surface area (Å²) in [5.41, 5.74) is 1.95. The van der Waals surface area contributed by atoms with Crippen molar-refractivity contribution in [2.45, 2.75) is 32.3 Å². The molecule has 1 aromatic carbocycles. The zero-order valence-electron chi connectivity index (χ0n) is 9.88. The quantitative estimate of drug-likeness (QED) is 0.771. The highest BCUT2D eigenvalue weighted by Gasteiger charge is 2.15. The second kappa shape index (κ2) is 5.29. The van der Waals surface area contributed by atoms with Gasteiger partial charge in [-0.05, 0) is 45.0 Å². The van der Waals surface area contributed by atoms with E-state index in [9.17, 15) is 5.11 Å². The van der Waals surface area contributed by atoms with Crippen LogP contribution in [0, 0.1) is 0 Å². The fraction of sp³-hybridized carbons (Fsp3) is 0.538. The molecule has 0 aliphatic heterocycles. The molecule has 0 saturated carbocycles. The maximum absolute atomic E-state index is 9.81. The Morgan fingerprint density at radius 3 is 2.33 bits per heavy atom. The first-order valence-electron chi connectivity index (χ1n) is 5.47. The van der Waals surface area contributed by atoms with Crippen LogP contribution < -0.4 is 5.32 Å². The molecule has 0 bridgehead atoms. The molecule has 1 aromatic rings. The Labute approximate surface area is 92.3 Å². The lowest BCUT2D eigenvalue weighted by atomic mass is 9.93. The monoisotopic (exact) mass is 207 g/mol. The number of nitrogens with one attached hydrogen (secondary N) is 1. The van der Waals surface area contributed by atoms with E-state index in [-0.39, 0.29) is 0 Å². The molecule has 15 heavy (non-hydrogen) atoms. The normalized spacial score (nSPS) is 11.7. The molecule has 0 aromatic heterocycles. The highest BCUT2D eigenvalue weighted by atomic mass is 16.3. The average Bonchev–Trinajstić information content (AvgIpc) is 2.14. The van der Waals surface area contributed by atoms with Crippen molar-refractivity contribution in [3.63, 3.8) is 0 Å². The van der Waals surface area contributed by atoms with Gasteiger partial charge in [0.25, 0.3) is 0 Å². The van der Waals surface area contributed by atoms with Crippen LogP contribution in [0.15, 0.2) is 24.3 Å². The van der Waals surface area contributed by atoms with Crippen molar-refractivity contribution >= 4 is 0 Å². The van der Waals surface area contributed by atoms with Gasteiger partial charge in [0, 0.05) is 6.42 Å². The smallest absolute Gasteiger partial charge is 0.0632 e. The van der Waals surface area contributed by atoms with Gasteiger partial charge in [-0.1, -0.05) is 24.3 Å². The van der Waals surface area contributed by atoms with Gasteiger partial charge in [-0.2, -0.15) is 0 Å². The molecule has 2 nitrogen and oxygen atoms in total. The average molecular weight is 207 g/mol. The van der Waals surface area contributed by atoms with Gasteiger partial charge in [-0.25, -0.2) is 0 Å². The molecule has 1 rings (SSSR count). The number of likely N-dealkylation sites (N-methyl/N-ethyl adjacent to an activating group) is 1. The third-order valence-corrected chi connectivity index (χ3v) is 2.39. The number of hydrogen-bond acceptors (Lipinski definition) is 2. The highest BCUT2D eigenvalue weighted by Crippen LogP contribution is 2.16. The van der Waals surface area contributed by atoms with Crippen LogP contribution in [0.3, 0.4) is 0 Å². The zero-order valence-corrected chi connectivity index (χ0v) is 9.88. The van der Waals surface area contributed by atoms with Crippen LogP contribution in [0.4, 0.5) is 0 Å². The number of rotatable bonds is 5. The Kier molecular flexibility index (Phi) is 4.30. The summed E-state index contributed by atoms with van der Waals surface area (Å²) in [6, 6.07) is 8.32. The Morgan fingerprint density at radius 2 is 1.80 bits per heavy atom. The van der Waals surface area contributed by atoms with Gasteiger partial charge in [0.15, 0.2) is 0 Å². The van der Waals surface area contributed by atoms with Crippen LogP contribution in [0.25, 0.3) is 0 Å². The first kappa shape index (κ1) is 12.2. The van der Waals surface area contributed by atoms with E-state index in [1.54, 1.807) is 0 Å². The summed E-state index contributed by atoms with van der Waals surface area (Å²) < 4.78 is 0. The summed E-state index contributed by atoms with van der Waals surface area (Å²) in [4.78, 5) is 0. The zero-order chi connectivity index (χ0) is 11.3. The second-order valence-corrected chi connectivity index (χ2v) is 4.61. The highest BCUT2D eigenvalue weighted by molar-refractivity contribution is 5.28. The van der Waals surface area contributed by atoms with Crippen molar-refractivity contribution in [2.75, 3.05) is 13.6 Å². The fourth-order valence-corrected chi connectivity index (χ4v) is 1.70. The van der Waals surface area contributed by atoms with E-state index in [0.29, 0.717) is 6.42 Å². The first-order chi connectivity index (χ1) is 7.03. The molecule has 0 radical (unpaired) electrons. The molecule has 0 atom stereocenters. The molecule has 0 aliphatic rings. The Balaban J connectivity index is 2.77. The molecule has 0 saturated heterocycles. The predicted molar refractivity (Wildman–Crippen MR) is 64.1 cm³/mol. The topological polar surface area (TPSA) is 32.3 Å². The number of benzene rings is 1. The van der Waals surface area contributed by atoms with Crippen molar-refractivity contribution in [2.24, 2.45) is 0 Å². The number of hydrogen-bond donors (Lipinski definition) is 2. The summed E-state index contributed by atoms with van der Waals surface area (Å²) in [5, 5.41) is 12.9. The van der Waals surface area contributed by atoms with Gasteiger partial charge >= 0.3 is 0 Å². The SMILES string of the molecule is CNCCc1ccccc1CC(C)(C)O. The maximum Gasteiger partial charge on any atom is 0.0632 e. The fourth-order valence-electron chi connectivity index (χ4n) is 1.70. The molecule has 0 unspecified atom stereocenters. The molecular weight excluding hydrogens is 186 g/mol. The molecule has 0 amide bonds. The first-order valence-corrected chi connectivity index (χ1v) is 5.47. The largest absolute Gasteiger partial charge is 0.390 e. The Morgan fingerprint density at radius 1 is 1.20 bits per heavy atom. The summed E-state index contributed by atoms with van der Waals surface area (Å²) in [5.74, 6) is 0. The minimum absolute atomic E-state index is 0.629. The van der Waals surface area contributed by atoms with Gasteiger partial charge in [-0.3, -0.25) is 0 Å². The van der Waals surface area contributed by atoms with Gasteiger partial charge in [-0.15, -0.1) is 0 Å². The van der Waals surface area contributed by atoms with E-state index in [0.717, 1.165) is 13.0 Å². The molecule has 84 valence electrons. The summed E-state index contributed by atoms with van der Waals surface area (Å²) >= 11 is 0. The van der Waals surface area contributed by atoms with Crippen LogP contribution in [-0.2, 0) is 12.8 Å². The molecule has 0 heterocycles. The van der Waals surface area contributed by atoms with Crippen LogP contribution >= 0.6 is 0 Å². The summed E-state index contributed by atoms with van der Waals surface area (Å²) in [6.07, 6.45) is 1.73. The lowest BCUT2D eigenvalue weighted by molar-refractivity contribution is 0.0807. The molecule has 0 fully saturated rings. The van der Waals surface area contributed by atoms with E-state index < -0.39 is 5.60 Å². The van der Waals surface area contributed by atoms with Crippen LogP contribution in [0.1, 0.15) is 25.0 Å². The van der Waals surface area contributed by atoms with Gasteiger partial charge in [0.1, 0.15) is 0 Å². The number of aliphatic hydroxyl groups is 1. The molecular formula is C13H21NO. The standard InChI is InChI=1S/C13H21NO/c1-13(2,15)10-12-7-5-4-6-11(12)8-9-14-3/h4-7,14-15H,8-10H2,1-3H3. The minimum atomic E-state index is -0.629. The second-order valence-electron chi connectivity index (χ2n) is 4.61. The predicted octanol–water partition coefficient (Wildman–Crippen LogP) is 1.76. The van der Waals surface area contributed by atoms with Crippen molar-refractivity contribution in [1.82, 2.24) is 5.32 Å². The molecule has 2 heteroatoms. The van der Waals surface area contributed by atoms with E-state index in [4.69, 9.17) is 0 Å². The van der Waals surface area contributed by atoms with Crippen molar-refractivity contribution in [3.8, 4) is 0 Å². The third kappa shape index (κ3) is 4.45. The maximum atomic E-state index is 9.81. The van der Waals surface area contributed by atoms with Crippen LogP contribution in [0.2, 0.25) is 0 Å². The summed E-state index contributed by atoms with van der Waals surface area (Å²) in [6.45, 7) is 4.67. The molecule has 0 spiro atoms. The van der Waals surface area contributed by atoms with E-state index in [1.165, 1.54) is 11.1 Å². The Hall–Kier alpha value is -0.860. The Bertz CT molecular complexity index is 302. The van der Waals surface area contributed by atoms with Gasteiger partial charge in [0.2, 0.25) is 0 Å². The lowest BCUT2D eigenvalue weighted by Gasteiger charge is -2.19. The van der Waals surface area contributed by atoms with Gasteiger partial charge in [0.05, 0.1) is 5.60 Å². The van der Waals surface area contributed by atoms with Crippen LogP contribution in [0.5, 0.6) is 0 Å². The van der Waals surface area contributed by atoms with E-state index in [2.05, 4.69) is 23.5 Å². The lowest BCUT2D eigenvalue weighted by Crippen LogP contribution is -2.23. The van der Waals surface area contributed by atoms with E-state index >= 15 is 0 Å². The summed E-state index contributed by atoms with van der Waals surface area (Å²) in [7, 11) is 1.96. The minimum Gasteiger partial charge on any atom is -0.390 e. The van der Waals surface area contributed by atoms with E-state index in [1.807, 2.05) is 27.0 Å². The van der Waals surface area contributed by atoms with Crippen molar-refractivity contribution < 1.29 is 5.11 Å². The third-order valence-electron chi connectivity index (χ3n) is 2.39. The molecule has 0 aliphatic carbocycles. The van der Waals surface area contributed by atoms with Gasteiger partial charge < -0.3 is 10.4 Å². The van der Waals surface area contributed by atoms with Crippen molar-refractivity contribution in [1.29, 1.82) is 0 Å². The van der Waals surface area contributed by atoms with Crippen molar-refractivity contribution in [3.05, 3.63) is 35.4 Å². The van der Waals surface area contributed by atoms with Crippen LogP contribution in [-0.4, -0.2) is 24.3 Å². The molecule has 2 N–H and O–H groups in total.